The van der Waals surface area contributed by atoms with Crippen LogP contribution in [0.5, 0.6) is 5.75 Å². The van der Waals surface area contributed by atoms with Crippen LogP contribution in [0.2, 0.25) is 5.02 Å². The second kappa shape index (κ2) is 7.61. The van der Waals surface area contributed by atoms with Gasteiger partial charge in [0.15, 0.2) is 11.7 Å². The number of benzene rings is 2. The molecular formula is C20H16ClN3O3S. The van der Waals surface area contributed by atoms with Gasteiger partial charge in [-0.3, -0.25) is 14.9 Å². The summed E-state index contributed by atoms with van der Waals surface area (Å²) in [5.74, 6) is 0.333. The van der Waals surface area contributed by atoms with E-state index in [0.29, 0.717) is 33.7 Å². The molecule has 1 aliphatic heterocycles. The molecule has 0 saturated heterocycles. The van der Waals surface area contributed by atoms with Crippen LogP contribution in [0.25, 0.3) is 11.3 Å². The maximum Gasteiger partial charge on any atom is 0.265 e. The number of likely N-dealkylation sites (N-methyl/N-ethyl adjacent to an activating group) is 1. The third-order valence-corrected chi connectivity index (χ3v) is 5.32. The van der Waals surface area contributed by atoms with Crippen molar-refractivity contribution in [2.75, 3.05) is 23.4 Å². The Balaban J connectivity index is 1.57. The van der Waals surface area contributed by atoms with Crippen molar-refractivity contribution in [2.24, 2.45) is 0 Å². The molecule has 8 heteroatoms. The summed E-state index contributed by atoms with van der Waals surface area (Å²) in [7, 11) is 0. The Morgan fingerprint density at radius 1 is 1.32 bits per heavy atom. The first kappa shape index (κ1) is 18.5. The minimum Gasteiger partial charge on any atom is -0.482 e. The number of thiazole rings is 1. The molecule has 3 aromatic rings. The molecule has 6 nitrogen and oxygen atoms in total. The second-order valence-electron chi connectivity index (χ2n) is 6.11. The fourth-order valence-electron chi connectivity index (χ4n) is 2.97. The summed E-state index contributed by atoms with van der Waals surface area (Å²) in [6, 6.07) is 12.3. The Kier molecular flexibility index (Phi) is 5.02. The molecule has 0 unspecified atom stereocenters. The summed E-state index contributed by atoms with van der Waals surface area (Å²) in [6.45, 7) is 2.54. The lowest BCUT2D eigenvalue weighted by Crippen LogP contribution is -2.38. The van der Waals surface area contributed by atoms with Crippen molar-refractivity contribution >= 4 is 45.6 Å². The third-order valence-electron chi connectivity index (χ3n) is 4.33. The summed E-state index contributed by atoms with van der Waals surface area (Å²) in [4.78, 5) is 30.6. The molecule has 2 aromatic carbocycles. The van der Waals surface area contributed by atoms with E-state index in [0.717, 1.165) is 11.3 Å². The van der Waals surface area contributed by atoms with E-state index in [1.165, 1.54) is 11.3 Å². The summed E-state index contributed by atoms with van der Waals surface area (Å²) in [6.07, 6.45) is 0. The molecule has 28 heavy (non-hydrogen) atoms. The van der Waals surface area contributed by atoms with E-state index >= 15 is 0 Å². The summed E-state index contributed by atoms with van der Waals surface area (Å²) >= 11 is 7.27. The molecule has 2 heterocycles. The Bertz CT molecular complexity index is 1070. The maximum absolute atomic E-state index is 12.4. The molecule has 0 bridgehead atoms. The summed E-state index contributed by atoms with van der Waals surface area (Å²) < 4.78 is 5.50. The number of nitrogens with zero attached hydrogens (tertiary/aromatic N) is 2. The first-order valence-electron chi connectivity index (χ1n) is 8.65. The van der Waals surface area contributed by atoms with Gasteiger partial charge in [0.1, 0.15) is 5.75 Å². The lowest BCUT2D eigenvalue weighted by molar-refractivity contribution is -0.121. The first-order chi connectivity index (χ1) is 13.5. The largest absolute Gasteiger partial charge is 0.482 e. The molecule has 4 rings (SSSR count). The van der Waals surface area contributed by atoms with Gasteiger partial charge in [-0.2, -0.15) is 0 Å². The Morgan fingerprint density at radius 2 is 2.18 bits per heavy atom. The Hall–Kier alpha value is -2.90. The topological polar surface area (TPSA) is 71.5 Å². The van der Waals surface area contributed by atoms with Gasteiger partial charge >= 0.3 is 0 Å². The molecule has 0 atom stereocenters. The van der Waals surface area contributed by atoms with Gasteiger partial charge in [0.25, 0.3) is 11.8 Å². The fourth-order valence-corrected chi connectivity index (χ4v) is 3.88. The van der Waals surface area contributed by atoms with Crippen molar-refractivity contribution in [1.29, 1.82) is 0 Å². The third kappa shape index (κ3) is 3.58. The Morgan fingerprint density at radius 3 is 2.96 bits per heavy atom. The van der Waals surface area contributed by atoms with E-state index in [9.17, 15) is 9.59 Å². The normalized spacial score (nSPS) is 13.1. The van der Waals surface area contributed by atoms with Gasteiger partial charge < -0.3 is 9.64 Å². The molecule has 0 spiro atoms. The van der Waals surface area contributed by atoms with Gasteiger partial charge in [-0.25, -0.2) is 4.98 Å². The zero-order valence-corrected chi connectivity index (χ0v) is 16.5. The van der Waals surface area contributed by atoms with Crippen LogP contribution in [0.3, 0.4) is 0 Å². The molecule has 142 valence electrons. The van der Waals surface area contributed by atoms with Gasteiger partial charge in [-0.1, -0.05) is 17.7 Å². The quantitative estimate of drug-likeness (QED) is 0.685. The molecule has 1 N–H and O–H groups in total. The second-order valence-corrected chi connectivity index (χ2v) is 7.41. The SMILES string of the molecule is CCN1C(=O)COc2ccc(-c3csc(NC(=O)c4cccc(Cl)c4)n3)cc21. The van der Waals surface area contributed by atoms with Crippen molar-refractivity contribution < 1.29 is 14.3 Å². The average Bonchev–Trinajstić information content (AvgIpc) is 3.16. The van der Waals surface area contributed by atoms with E-state index in [-0.39, 0.29) is 18.4 Å². The van der Waals surface area contributed by atoms with Crippen LogP contribution in [-0.4, -0.2) is 29.9 Å². The highest BCUT2D eigenvalue weighted by Gasteiger charge is 2.24. The lowest BCUT2D eigenvalue weighted by Gasteiger charge is -2.28. The number of anilines is 2. The first-order valence-corrected chi connectivity index (χ1v) is 9.91. The number of hydrogen-bond acceptors (Lipinski definition) is 5. The van der Waals surface area contributed by atoms with Gasteiger partial charge in [0.2, 0.25) is 0 Å². The number of carbonyl (C=O) groups is 2. The standard InChI is InChI=1S/C20H16ClN3O3S/c1-2-24-16-9-12(6-7-17(16)27-10-18(24)25)15-11-28-20(22-15)23-19(26)13-4-3-5-14(21)8-13/h3-9,11H,2,10H2,1H3,(H,22,23,26). The summed E-state index contributed by atoms with van der Waals surface area (Å²) in [5.41, 5.74) is 2.75. The molecule has 1 aromatic heterocycles. The maximum atomic E-state index is 12.4. The van der Waals surface area contributed by atoms with E-state index in [2.05, 4.69) is 10.3 Å². The molecule has 0 fully saturated rings. The van der Waals surface area contributed by atoms with Crippen LogP contribution < -0.4 is 15.0 Å². The van der Waals surface area contributed by atoms with Crippen molar-refractivity contribution in [2.45, 2.75) is 6.92 Å². The number of carbonyl (C=O) groups excluding carboxylic acids is 2. The van der Waals surface area contributed by atoms with Crippen LogP contribution in [0, 0.1) is 0 Å². The number of rotatable bonds is 4. The highest BCUT2D eigenvalue weighted by Crippen LogP contribution is 2.36. The van der Waals surface area contributed by atoms with E-state index in [4.69, 9.17) is 16.3 Å². The van der Waals surface area contributed by atoms with Gasteiger partial charge in [0.05, 0.1) is 11.4 Å². The predicted molar refractivity (Wildman–Crippen MR) is 110 cm³/mol. The van der Waals surface area contributed by atoms with Crippen molar-refractivity contribution in [3.8, 4) is 17.0 Å². The number of ether oxygens (including phenoxy) is 1. The number of halogens is 1. The van der Waals surface area contributed by atoms with Crippen molar-refractivity contribution in [1.82, 2.24) is 4.98 Å². The molecule has 0 radical (unpaired) electrons. The minimum atomic E-state index is -0.273. The van der Waals surface area contributed by atoms with E-state index < -0.39 is 0 Å². The number of nitrogens with one attached hydrogen (secondary N) is 1. The van der Waals surface area contributed by atoms with Crippen LogP contribution in [0.4, 0.5) is 10.8 Å². The van der Waals surface area contributed by atoms with Gasteiger partial charge in [-0.05, 0) is 43.3 Å². The van der Waals surface area contributed by atoms with E-state index in [1.54, 1.807) is 29.2 Å². The monoisotopic (exact) mass is 413 g/mol. The Labute approximate surface area is 170 Å². The van der Waals surface area contributed by atoms with Gasteiger partial charge in [0, 0.05) is 28.1 Å². The number of amides is 2. The predicted octanol–water partition coefficient (Wildman–Crippen LogP) is 4.46. The minimum absolute atomic E-state index is 0.0522. The highest BCUT2D eigenvalue weighted by atomic mass is 35.5. The van der Waals surface area contributed by atoms with Crippen molar-refractivity contribution in [3.05, 3.63) is 58.4 Å². The molecule has 1 aliphatic rings. The van der Waals surface area contributed by atoms with Crippen LogP contribution in [-0.2, 0) is 4.79 Å². The van der Waals surface area contributed by atoms with Crippen LogP contribution in [0.15, 0.2) is 47.8 Å². The molecular weight excluding hydrogens is 398 g/mol. The van der Waals surface area contributed by atoms with Crippen LogP contribution >= 0.6 is 22.9 Å². The highest BCUT2D eigenvalue weighted by molar-refractivity contribution is 7.14. The molecule has 2 amide bonds. The van der Waals surface area contributed by atoms with Crippen LogP contribution in [0.1, 0.15) is 17.3 Å². The fraction of sp³-hybridized carbons (Fsp3) is 0.150. The smallest absolute Gasteiger partial charge is 0.265 e. The molecule has 0 saturated carbocycles. The van der Waals surface area contributed by atoms with Crippen molar-refractivity contribution in [3.63, 3.8) is 0 Å². The number of hydrogen-bond donors (Lipinski definition) is 1. The average molecular weight is 414 g/mol. The zero-order chi connectivity index (χ0) is 19.7. The zero-order valence-electron chi connectivity index (χ0n) is 14.9. The number of fused-ring (bicyclic) bond motifs is 1. The van der Waals surface area contributed by atoms with E-state index in [1.807, 2.05) is 30.5 Å². The number of aromatic nitrogens is 1. The van der Waals surface area contributed by atoms with Gasteiger partial charge in [-0.15, -0.1) is 11.3 Å². The summed E-state index contributed by atoms with van der Waals surface area (Å²) in [5, 5.41) is 5.63. The lowest BCUT2D eigenvalue weighted by atomic mass is 10.1. The molecule has 0 aliphatic carbocycles.